The van der Waals surface area contributed by atoms with Gasteiger partial charge in [0.25, 0.3) is 11.8 Å². The maximum absolute atomic E-state index is 12.5. The number of carboxylic acids is 2. The highest BCUT2D eigenvalue weighted by Crippen LogP contribution is 2.42. The number of aromatic carboxylic acids is 2. The molecule has 18 heteroatoms. The number of carbonyl (C=O) groups is 4. The van der Waals surface area contributed by atoms with Gasteiger partial charge in [-0.25, -0.2) is 19.6 Å². The fourth-order valence-electron chi connectivity index (χ4n) is 6.06. The highest BCUT2D eigenvalue weighted by atomic mass is 35.5. The predicted octanol–water partition coefficient (Wildman–Crippen LogP) is 6.65. The number of rotatable bonds is 11. The highest BCUT2D eigenvalue weighted by molar-refractivity contribution is 6.45. The van der Waals surface area contributed by atoms with Crippen LogP contribution in [0.25, 0.3) is 44.8 Å². The predicted molar refractivity (Wildman–Crippen MR) is 194 cm³/mol. The Morgan fingerprint density at radius 3 is 1.27 bits per heavy atom. The lowest BCUT2D eigenvalue weighted by atomic mass is 10.1. The molecule has 14 nitrogen and oxygen atoms in total. The first-order valence-electron chi connectivity index (χ1n) is 14.9. The molecule has 0 aliphatic rings. The third-order valence-electron chi connectivity index (χ3n) is 8.33. The first kappa shape index (κ1) is 36.3. The summed E-state index contributed by atoms with van der Waals surface area (Å²) in [6, 6.07) is 11.2. The Labute approximate surface area is 313 Å². The van der Waals surface area contributed by atoms with Gasteiger partial charge in [0.1, 0.15) is 22.7 Å². The van der Waals surface area contributed by atoms with Gasteiger partial charge in [-0.3, -0.25) is 9.59 Å². The van der Waals surface area contributed by atoms with E-state index in [-0.39, 0.29) is 101 Å². The smallest absolute Gasteiger partial charge is 0.336 e. The van der Waals surface area contributed by atoms with Crippen LogP contribution in [-0.2, 0) is 13.1 Å². The Kier molecular flexibility index (Phi) is 9.68. The van der Waals surface area contributed by atoms with Crippen LogP contribution in [0.1, 0.15) is 41.4 Å². The van der Waals surface area contributed by atoms with E-state index in [9.17, 15) is 29.4 Å². The molecule has 4 aromatic carbocycles. The quantitative estimate of drug-likeness (QED) is 0.110. The molecule has 6 aromatic rings. The number of hydrogen-bond acceptors (Lipinski definition) is 8. The van der Waals surface area contributed by atoms with E-state index in [0.717, 1.165) is 0 Å². The zero-order chi connectivity index (χ0) is 37.8. The third kappa shape index (κ3) is 5.88. The Morgan fingerprint density at radius 1 is 0.615 bits per heavy atom. The van der Waals surface area contributed by atoms with Gasteiger partial charge in [0.05, 0.1) is 78.7 Å². The molecular weight excluding hydrogens is 762 g/mol. The van der Waals surface area contributed by atoms with Gasteiger partial charge < -0.3 is 40.3 Å². The average Bonchev–Trinajstić information content (AvgIpc) is 3.65. The minimum atomic E-state index is -1.32. The Morgan fingerprint density at radius 2 is 0.962 bits per heavy atom. The summed E-state index contributed by atoms with van der Waals surface area (Å²) in [7, 11) is 2.64. The fourth-order valence-corrected chi connectivity index (χ4v) is 6.88. The molecule has 6 rings (SSSR count). The Bertz CT molecular complexity index is 2360. The van der Waals surface area contributed by atoms with Gasteiger partial charge in [0.2, 0.25) is 0 Å². The van der Waals surface area contributed by atoms with Crippen molar-refractivity contribution >= 4 is 92.2 Å². The molecule has 2 amide bonds. The molecule has 52 heavy (non-hydrogen) atoms. The molecule has 0 aliphatic carbocycles. The molecule has 0 saturated carbocycles. The van der Waals surface area contributed by atoms with Crippen molar-refractivity contribution in [3.05, 3.63) is 90.9 Å². The summed E-state index contributed by atoms with van der Waals surface area (Å²) in [4.78, 5) is 59.0. The lowest BCUT2D eigenvalue weighted by Gasteiger charge is -2.17. The fraction of sp³-hybridized carbons (Fsp3) is 0.118. The minimum Gasteiger partial charge on any atom is -0.494 e. The average molecular weight is 786 g/mol. The molecule has 0 aliphatic heterocycles. The number of benzene rings is 4. The van der Waals surface area contributed by atoms with Gasteiger partial charge in [-0.2, -0.15) is 0 Å². The molecule has 0 bridgehead atoms. The zero-order valence-corrected chi connectivity index (χ0v) is 29.9. The van der Waals surface area contributed by atoms with E-state index in [2.05, 4.69) is 0 Å². The molecule has 0 unspecified atom stereocenters. The van der Waals surface area contributed by atoms with E-state index in [0.29, 0.717) is 11.0 Å². The largest absolute Gasteiger partial charge is 0.494 e. The number of nitrogens with two attached hydrogens (primary N) is 2. The van der Waals surface area contributed by atoms with Crippen LogP contribution >= 0.6 is 46.4 Å². The van der Waals surface area contributed by atoms with E-state index in [1.165, 1.54) is 50.6 Å². The topological polar surface area (TPSA) is 215 Å². The number of carbonyl (C=O) groups excluding carboxylic acids is 2. The van der Waals surface area contributed by atoms with Crippen LogP contribution in [0.15, 0.2) is 48.5 Å². The van der Waals surface area contributed by atoms with Crippen LogP contribution in [-0.4, -0.2) is 67.3 Å². The maximum atomic E-state index is 12.5. The van der Waals surface area contributed by atoms with Crippen molar-refractivity contribution in [2.75, 3.05) is 14.2 Å². The van der Waals surface area contributed by atoms with Crippen molar-refractivity contribution in [2.45, 2.75) is 13.1 Å². The molecular formula is C34H24Cl4N6O8. The Balaban J connectivity index is 1.68. The number of ether oxygens (including phenoxy) is 2. The molecule has 266 valence electrons. The van der Waals surface area contributed by atoms with E-state index in [1.54, 1.807) is 21.3 Å². The number of aryl methyl sites for hydroxylation is 2. The van der Waals surface area contributed by atoms with Crippen LogP contribution in [0.2, 0.25) is 20.1 Å². The van der Waals surface area contributed by atoms with Crippen molar-refractivity contribution in [1.82, 2.24) is 19.1 Å². The van der Waals surface area contributed by atoms with Gasteiger partial charge in [0.15, 0.2) is 11.5 Å². The summed E-state index contributed by atoms with van der Waals surface area (Å²) >= 11 is 26.1. The number of aromatic nitrogens is 4. The van der Waals surface area contributed by atoms with Gasteiger partial charge in [-0.1, -0.05) is 46.4 Å². The van der Waals surface area contributed by atoms with Crippen LogP contribution < -0.4 is 20.9 Å². The van der Waals surface area contributed by atoms with E-state index >= 15 is 0 Å². The van der Waals surface area contributed by atoms with Gasteiger partial charge in [-0.15, -0.1) is 0 Å². The van der Waals surface area contributed by atoms with Gasteiger partial charge >= 0.3 is 11.9 Å². The van der Waals surface area contributed by atoms with Crippen LogP contribution in [0.4, 0.5) is 0 Å². The standard InChI is InChI=1S/C34H24Cl4N6O8/c1-51-27-15(29(39)45)5-9-19-25(27)41-31(21-13(33(47)48)3-7-17(35)23(21)37)43(19)11-12-44-20-10-6-16(30(40)46)28(52-2)26(20)42-32(44)22-14(34(49)50)4-8-18(36)24(22)38/h3-10H,11-12H2,1-2H3,(H2,39,45)(H2,40,46)(H,47,48)(H,49,50). The number of nitrogens with zero attached hydrogens (tertiary/aromatic N) is 4. The second-order valence-corrected chi connectivity index (χ2v) is 12.7. The summed E-state index contributed by atoms with van der Waals surface area (Å²) in [5, 5.41) is 20.2. The molecule has 0 spiro atoms. The third-order valence-corrected chi connectivity index (χ3v) is 9.94. The Hall–Kier alpha value is -5.54. The first-order valence-corrected chi connectivity index (χ1v) is 16.4. The number of amides is 2. The van der Waals surface area contributed by atoms with Gasteiger partial charge in [0, 0.05) is 13.1 Å². The lowest BCUT2D eigenvalue weighted by molar-refractivity contribution is 0.0686. The minimum absolute atomic E-state index is 0.0129. The van der Waals surface area contributed by atoms with Crippen LogP contribution in [0, 0.1) is 0 Å². The number of primary amides is 2. The molecule has 0 fully saturated rings. The highest BCUT2D eigenvalue weighted by Gasteiger charge is 2.29. The summed E-state index contributed by atoms with van der Waals surface area (Å²) in [6.07, 6.45) is 0. The maximum Gasteiger partial charge on any atom is 0.336 e. The number of hydrogen-bond donors (Lipinski definition) is 4. The summed E-state index contributed by atoms with van der Waals surface area (Å²) in [6.45, 7) is -0.0719. The second kappa shape index (κ2) is 13.9. The molecule has 2 heterocycles. The molecule has 0 atom stereocenters. The van der Waals surface area contributed by atoms with E-state index < -0.39 is 23.8 Å². The lowest BCUT2D eigenvalue weighted by Crippen LogP contribution is -2.14. The molecule has 2 aromatic heterocycles. The van der Waals surface area contributed by atoms with Crippen LogP contribution in [0.3, 0.4) is 0 Å². The molecule has 6 N–H and O–H groups in total. The number of methoxy groups -OCH3 is 2. The van der Waals surface area contributed by atoms with E-state index in [4.69, 9.17) is 77.3 Å². The van der Waals surface area contributed by atoms with Crippen molar-refractivity contribution in [1.29, 1.82) is 0 Å². The van der Waals surface area contributed by atoms with Crippen molar-refractivity contribution in [3.63, 3.8) is 0 Å². The normalized spacial score (nSPS) is 11.3. The number of fused-ring (bicyclic) bond motifs is 2. The summed E-state index contributed by atoms with van der Waals surface area (Å²) < 4.78 is 14.4. The number of halogens is 4. The van der Waals surface area contributed by atoms with Gasteiger partial charge in [-0.05, 0) is 48.5 Å². The molecule has 0 radical (unpaired) electrons. The van der Waals surface area contributed by atoms with Crippen molar-refractivity contribution < 1.29 is 38.9 Å². The molecule has 0 saturated heterocycles. The first-order chi connectivity index (χ1) is 24.7. The summed E-state index contributed by atoms with van der Waals surface area (Å²) in [5.41, 5.74) is 11.8. The SMILES string of the molecule is COc1c(C(N)=O)ccc2c1nc(-c1c(C(=O)O)ccc(Cl)c1Cl)n2CCn1c(-c2c(C(=O)O)ccc(Cl)c2Cl)nc2c(OC)c(C(N)=O)ccc21. The monoisotopic (exact) mass is 784 g/mol. The second-order valence-electron chi connectivity index (χ2n) is 11.1. The van der Waals surface area contributed by atoms with Crippen molar-refractivity contribution in [2.24, 2.45) is 11.5 Å². The van der Waals surface area contributed by atoms with Crippen LogP contribution in [0.5, 0.6) is 11.5 Å². The number of imidazole rings is 2. The van der Waals surface area contributed by atoms with Crippen molar-refractivity contribution in [3.8, 4) is 34.3 Å². The zero-order valence-electron chi connectivity index (χ0n) is 26.8. The van der Waals surface area contributed by atoms with E-state index in [1.807, 2.05) is 0 Å². The number of carboxylic acid groups (broad SMARTS) is 2. The summed E-state index contributed by atoms with van der Waals surface area (Å²) in [5.74, 6) is -4.13.